The lowest BCUT2D eigenvalue weighted by Crippen LogP contribution is -1.94. The predicted octanol–water partition coefficient (Wildman–Crippen LogP) is 1.82. The summed E-state index contributed by atoms with van der Waals surface area (Å²) in [6.45, 7) is 0. The standard InChI is InChI=1S/C8H4N4O2S/c9-5-15-7-8(12(13)14)11-4-2-1-3-6(11)10-7/h1-4H. The number of rotatable bonds is 2. The van der Waals surface area contributed by atoms with Crippen LogP contribution in [0.5, 0.6) is 0 Å². The fraction of sp³-hybridized carbons (Fsp3) is 0. The molecule has 2 heterocycles. The van der Waals surface area contributed by atoms with Gasteiger partial charge in [0.25, 0.3) is 0 Å². The third kappa shape index (κ3) is 1.51. The zero-order chi connectivity index (χ0) is 10.8. The number of thiocyanates is 1. The molecule has 0 unspecified atom stereocenters. The van der Waals surface area contributed by atoms with Gasteiger partial charge in [-0.15, -0.1) is 0 Å². The smallest absolute Gasteiger partial charge is 0.358 e. The topological polar surface area (TPSA) is 84.2 Å². The molecule has 0 aliphatic carbocycles. The molecule has 0 aliphatic rings. The number of thioether (sulfide) groups is 1. The average Bonchev–Trinajstić information content (AvgIpc) is 2.56. The molecule has 0 N–H and O–H groups in total. The second kappa shape index (κ2) is 3.59. The molecule has 0 atom stereocenters. The molecule has 2 aromatic rings. The molecule has 0 saturated heterocycles. The predicted molar refractivity (Wildman–Crippen MR) is 53.3 cm³/mol. The lowest BCUT2D eigenvalue weighted by atomic mass is 10.5. The number of nitriles is 1. The van der Waals surface area contributed by atoms with Gasteiger partial charge in [-0.1, -0.05) is 6.07 Å². The van der Waals surface area contributed by atoms with Gasteiger partial charge in [-0.25, -0.2) is 0 Å². The first kappa shape index (κ1) is 9.48. The number of pyridine rings is 1. The zero-order valence-corrected chi connectivity index (χ0v) is 8.14. The van der Waals surface area contributed by atoms with Crippen LogP contribution in [0.3, 0.4) is 0 Å². The molecule has 2 aromatic heterocycles. The molecule has 0 spiro atoms. The average molecular weight is 220 g/mol. The second-order valence-electron chi connectivity index (χ2n) is 2.62. The molecule has 0 radical (unpaired) electrons. The minimum absolute atomic E-state index is 0.119. The number of imidazole rings is 1. The highest BCUT2D eigenvalue weighted by Gasteiger charge is 2.22. The van der Waals surface area contributed by atoms with Gasteiger partial charge >= 0.3 is 5.82 Å². The Morgan fingerprint density at radius 3 is 3.07 bits per heavy atom. The van der Waals surface area contributed by atoms with E-state index in [-0.39, 0.29) is 10.8 Å². The Labute approximate surface area is 88.3 Å². The van der Waals surface area contributed by atoms with E-state index in [4.69, 9.17) is 5.26 Å². The highest BCUT2D eigenvalue weighted by Crippen LogP contribution is 2.28. The Balaban J connectivity index is 2.75. The molecule has 74 valence electrons. The van der Waals surface area contributed by atoms with Crippen LogP contribution in [0.1, 0.15) is 0 Å². The normalized spacial score (nSPS) is 10.1. The maximum absolute atomic E-state index is 10.8. The van der Waals surface area contributed by atoms with E-state index in [1.54, 1.807) is 29.8 Å². The summed E-state index contributed by atoms with van der Waals surface area (Å²) in [6, 6.07) is 5.05. The van der Waals surface area contributed by atoms with Crippen molar-refractivity contribution in [3.63, 3.8) is 0 Å². The van der Waals surface area contributed by atoms with E-state index in [2.05, 4.69) is 4.98 Å². The fourth-order valence-electron chi connectivity index (χ4n) is 1.24. The van der Waals surface area contributed by atoms with Crippen molar-refractivity contribution in [1.29, 1.82) is 5.26 Å². The summed E-state index contributed by atoms with van der Waals surface area (Å²) in [4.78, 5) is 14.2. The molecular formula is C8H4N4O2S. The van der Waals surface area contributed by atoms with Crippen molar-refractivity contribution in [1.82, 2.24) is 9.38 Å². The number of hydrogen-bond acceptors (Lipinski definition) is 5. The first-order chi connectivity index (χ1) is 7.24. The summed E-state index contributed by atoms with van der Waals surface area (Å²) in [5.74, 6) is -0.169. The van der Waals surface area contributed by atoms with Crippen molar-refractivity contribution in [2.24, 2.45) is 0 Å². The molecular weight excluding hydrogens is 216 g/mol. The molecule has 0 bridgehead atoms. The van der Waals surface area contributed by atoms with Crippen molar-refractivity contribution in [2.75, 3.05) is 0 Å². The van der Waals surface area contributed by atoms with Crippen LogP contribution >= 0.6 is 11.8 Å². The van der Waals surface area contributed by atoms with Gasteiger partial charge in [0, 0.05) is 17.8 Å². The largest absolute Gasteiger partial charge is 0.362 e. The maximum atomic E-state index is 10.8. The van der Waals surface area contributed by atoms with E-state index < -0.39 is 4.92 Å². The molecule has 2 rings (SSSR count). The van der Waals surface area contributed by atoms with Gasteiger partial charge in [-0.3, -0.25) is 0 Å². The van der Waals surface area contributed by atoms with E-state index in [9.17, 15) is 10.1 Å². The van der Waals surface area contributed by atoms with Gasteiger partial charge in [0.15, 0.2) is 0 Å². The number of aromatic nitrogens is 2. The number of nitrogens with zero attached hydrogens (tertiary/aromatic N) is 4. The summed E-state index contributed by atoms with van der Waals surface area (Å²) in [5.41, 5.74) is 0.460. The Bertz CT molecular complexity index is 572. The van der Waals surface area contributed by atoms with Crippen molar-refractivity contribution in [3.8, 4) is 5.40 Å². The van der Waals surface area contributed by atoms with E-state index in [0.29, 0.717) is 17.4 Å². The maximum Gasteiger partial charge on any atom is 0.362 e. The van der Waals surface area contributed by atoms with Gasteiger partial charge in [-0.2, -0.15) is 14.6 Å². The van der Waals surface area contributed by atoms with Crippen LogP contribution in [0.15, 0.2) is 29.4 Å². The first-order valence-electron chi connectivity index (χ1n) is 3.91. The van der Waals surface area contributed by atoms with Gasteiger partial charge < -0.3 is 10.1 Å². The van der Waals surface area contributed by atoms with Crippen LogP contribution in [-0.4, -0.2) is 14.3 Å². The van der Waals surface area contributed by atoms with Crippen LogP contribution < -0.4 is 0 Å². The Morgan fingerprint density at radius 1 is 1.60 bits per heavy atom. The first-order valence-corrected chi connectivity index (χ1v) is 4.73. The second-order valence-corrected chi connectivity index (χ2v) is 3.39. The Hall–Kier alpha value is -2.07. The van der Waals surface area contributed by atoms with Crippen LogP contribution in [0.2, 0.25) is 0 Å². The molecule has 0 fully saturated rings. The molecule has 15 heavy (non-hydrogen) atoms. The van der Waals surface area contributed by atoms with Gasteiger partial charge in [0.05, 0.1) is 6.20 Å². The number of fused-ring (bicyclic) bond motifs is 1. The van der Waals surface area contributed by atoms with E-state index in [1.807, 2.05) is 0 Å². The van der Waals surface area contributed by atoms with Crippen LogP contribution in [0, 0.1) is 20.8 Å². The summed E-state index contributed by atoms with van der Waals surface area (Å²) >= 11 is 0.688. The van der Waals surface area contributed by atoms with Gasteiger partial charge in [0.2, 0.25) is 10.7 Å². The van der Waals surface area contributed by atoms with Crippen LogP contribution in [-0.2, 0) is 0 Å². The van der Waals surface area contributed by atoms with E-state index in [0.717, 1.165) is 0 Å². The quantitative estimate of drug-likeness (QED) is 0.333. The van der Waals surface area contributed by atoms with Gasteiger partial charge in [-0.05, 0) is 11.0 Å². The summed E-state index contributed by atoms with van der Waals surface area (Å²) in [7, 11) is 0. The Kier molecular flexibility index (Phi) is 2.27. The summed E-state index contributed by atoms with van der Waals surface area (Å²) in [6.07, 6.45) is 1.54. The highest BCUT2D eigenvalue weighted by molar-refractivity contribution is 8.03. The Morgan fingerprint density at radius 2 is 2.40 bits per heavy atom. The molecule has 0 amide bonds. The van der Waals surface area contributed by atoms with Crippen molar-refractivity contribution in [2.45, 2.75) is 5.03 Å². The van der Waals surface area contributed by atoms with Gasteiger partial charge in [0.1, 0.15) is 5.40 Å². The minimum atomic E-state index is -0.542. The molecule has 0 aliphatic heterocycles. The summed E-state index contributed by atoms with van der Waals surface area (Å²) < 4.78 is 1.35. The lowest BCUT2D eigenvalue weighted by molar-refractivity contribution is -0.393. The summed E-state index contributed by atoms with van der Waals surface area (Å²) in [5, 5.41) is 21.2. The monoisotopic (exact) mass is 220 g/mol. The van der Waals surface area contributed by atoms with Crippen molar-refractivity contribution >= 4 is 23.2 Å². The molecule has 7 heteroatoms. The number of hydrogen-bond donors (Lipinski definition) is 0. The fourth-order valence-corrected chi connectivity index (χ4v) is 1.73. The third-order valence-electron chi connectivity index (χ3n) is 1.79. The SMILES string of the molecule is N#CSc1nc2ccccn2c1[N+](=O)[O-]. The lowest BCUT2D eigenvalue weighted by Gasteiger charge is -1.93. The van der Waals surface area contributed by atoms with Crippen molar-refractivity contribution < 1.29 is 4.92 Å². The van der Waals surface area contributed by atoms with Crippen LogP contribution in [0.4, 0.5) is 5.82 Å². The van der Waals surface area contributed by atoms with Crippen LogP contribution in [0.25, 0.3) is 5.65 Å². The number of nitro groups is 1. The molecule has 0 aromatic carbocycles. The zero-order valence-electron chi connectivity index (χ0n) is 7.32. The minimum Gasteiger partial charge on any atom is -0.358 e. The third-order valence-corrected chi connectivity index (χ3v) is 2.35. The van der Waals surface area contributed by atoms with E-state index >= 15 is 0 Å². The molecule has 0 saturated carbocycles. The van der Waals surface area contributed by atoms with E-state index in [1.165, 1.54) is 4.40 Å². The molecule has 6 nitrogen and oxygen atoms in total. The highest BCUT2D eigenvalue weighted by atomic mass is 32.2. The van der Waals surface area contributed by atoms with Crippen molar-refractivity contribution in [3.05, 3.63) is 34.5 Å².